The van der Waals surface area contributed by atoms with E-state index in [4.69, 9.17) is 10.5 Å². The normalized spacial score (nSPS) is 13.2. The Kier molecular flexibility index (Phi) is 6.07. The van der Waals surface area contributed by atoms with Crippen molar-refractivity contribution in [2.24, 2.45) is 5.73 Å². The van der Waals surface area contributed by atoms with Crippen molar-refractivity contribution < 1.29 is 13.5 Å². The van der Waals surface area contributed by atoms with Crippen molar-refractivity contribution in [3.8, 4) is 0 Å². The molecule has 0 saturated carbocycles. The molecule has 0 aliphatic heterocycles. The van der Waals surface area contributed by atoms with Crippen molar-refractivity contribution in [1.29, 1.82) is 0 Å². The summed E-state index contributed by atoms with van der Waals surface area (Å²) in [5.41, 5.74) is 6.93. The van der Waals surface area contributed by atoms with E-state index in [2.05, 4.69) is 5.10 Å². The number of ether oxygens (including phenoxy) is 1. The highest BCUT2D eigenvalue weighted by Crippen LogP contribution is 2.04. The van der Waals surface area contributed by atoms with Crippen molar-refractivity contribution in [3.63, 3.8) is 0 Å². The molecule has 0 saturated heterocycles. The number of nitrogens with zero attached hydrogens (tertiary/aromatic N) is 2. The Morgan fingerprint density at radius 1 is 1.53 bits per heavy atom. The Morgan fingerprint density at radius 3 is 2.88 bits per heavy atom. The molecule has 0 aromatic carbocycles. The number of hydrogen-bond donors (Lipinski definition) is 1. The molecule has 4 nitrogen and oxygen atoms in total. The SMILES string of the molecule is CCn1cc(CC(N)CCOCC(F)F)cn1. The molecule has 98 valence electrons. The molecule has 1 aromatic rings. The van der Waals surface area contributed by atoms with E-state index >= 15 is 0 Å². The van der Waals surface area contributed by atoms with Gasteiger partial charge >= 0.3 is 0 Å². The van der Waals surface area contributed by atoms with Gasteiger partial charge in [0.25, 0.3) is 6.43 Å². The molecule has 0 amide bonds. The van der Waals surface area contributed by atoms with E-state index in [1.54, 1.807) is 6.20 Å². The zero-order valence-electron chi connectivity index (χ0n) is 9.98. The van der Waals surface area contributed by atoms with Gasteiger partial charge in [0, 0.05) is 25.4 Å². The van der Waals surface area contributed by atoms with Crippen molar-refractivity contribution in [2.45, 2.75) is 38.8 Å². The first-order valence-electron chi connectivity index (χ1n) is 5.74. The number of aromatic nitrogens is 2. The summed E-state index contributed by atoms with van der Waals surface area (Å²) >= 11 is 0. The van der Waals surface area contributed by atoms with Crippen LogP contribution >= 0.6 is 0 Å². The third kappa shape index (κ3) is 5.74. The first-order valence-corrected chi connectivity index (χ1v) is 5.74. The predicted octanol–water partition coefficient (Wildman–Crippen LogP) is 1.44. The number of aryl methyl sites for hydroxylation is 1. The van der Waals surface area contributed by atoms with Crippen LogP contribution in [0.15, 0.2) is 12.4 Å². The molecule has 2 N–H and O–H groups in total. The Morgan fingerprint density at radius 2 is 2.29 bits per heavy atom. The molecule has 1 heterocycles. The lowest BCUT2D eigenvalue weighted by molar-refractivity contribution is 0.0153. The van der Waals surface area contributed by atoms with Gasteiger partial charge in [0.15, 0.2) is 0 Å². The van der Waals surface area contributed by atoms with Crippen LogP contribution in [-0.2, 0) is 17.7 Å². The smallest absolute Gasteiger partial charge is 0.261 e. The van der Waals surface area contributed by atoms with Crippen LogP contribution in [0.2, 0.25) is 0 Å². The van der Waals surface area contributed by atoms with Crippen LogP contribution in [0.1, 0.15) is 18.9 Å². The second kappa shape index (κ2) is 7.34. The zero-order chi connectivity index (χ0) is 12.7. The molecule has 1 rings (SSSR count). The molecule has 0 bridgehead atoms. The molecule has 0 aliphatic carbocycles. The van der Waals surface area contributed by atoms with Gasteiger partial charge in [-0.05, 0) is 25.3 Å². The molecular formula is C11H19F2N3O. The highest BCUT2D eigenvalue weighted by atomic mass is 19.3. The van der Waals surface area contributed by atoms with Crippen LogP contribution < -0.4 is 5.73 Å². The quantitative estimate of drug-likeness (QED) is 0.707. The van der Waals surface area contributed by atoms with Crippen LogP contribution in [-0.4, -0.2) is 35.5 Å². The third-order valence-electron chi connectivity index (χ3n) is 2.39. The Bertz CT molecular complexity index is 317. The maximum atomic E-state index is 11.8. The van der Waals surface area contributed by atoms with Gasteiger partial charge in [0.05, 0.1) is 6.20 Å². The average molecular weight is 247 g/mol. The third-order valence-corrected chi connectivity index (χ3v) is 2.39. The standard InChI is InChI=1S/C11H19F2N3O/c1-2-16-7-9(6-15-16)5-10(14)3-4-17-8-11(12)13/h6-7,10-11H,2-5,8,14H2,1H3. The predicted molar refractivity (Wildman–Crippen MR) is 61.0 cm³/mol. The highest BCUT2D eigenvalue weighted by molar-refractivity contribution is 5.05. The van der Waals surface area contributed by atoms with Crippen molar-refractivity contribution in [3.05, 3.63) is 18.0 Å². The summed E-state index contributed by atoms with van der Waals surface area (Å²) < 4.78 is 30.2. The van der Waals surface area contributed by atoms with E-state index in [1.807, 2.05) is 17.8 Å². The lowest BCUT2D eigenvalue weighted by Crippen LogP contribution is -2.25. The van der Waals surface area contributed by atoms with E-state index < -0.39 is 13.0 Å². The molecule has 6 heteroatoms. The molecule has 0 fully saturated rings. The number of hydrogen-bond acceptors (Lipinski definition) is 3. The summed E-state index contributed by atoms with van der Waals surface area (Å²) in [6.07, 6.45) is 2.58. The van der Waals surface area contributed by atoms with Gasteiger partial charge < -0.3 is 10.5 Å². The molecule has 1 unspecified atom stereocenters. The molecule has 0 aliphatic rings. The van der Waals surface area contributed by atoms with E-state index in [9.17, 15) is 8.78 Å². The minimum absolute atomic E-state index is 0.0813. The van der Waals surface area contributed by atoms with Crippen LogP contribution in [0.5, 0.6) is 0 Å². The molecular weight excluding hydrogens is 228 g/mol. The Balaban J connectivity index is 2.18. The summed E-state index contributed by atoms with van der Waals surface area (Å²) in [6.45, 7) is 2.59. The lowest BCUT2D eigenvalue weighted by atomic mass is 10.1. The lowest BCUT2D eigenvalue weighted by Gasteiger charge is -2.10. The number of alkyl halides is 2. The second-order valence-corrected chi connectivity index (χ2v) is 3.92. The van der Waals surface area contributed by atoms with Gasteiger partial charge in [-0.1, -0.05) is 0 Å². The van der Waals surface area contributed by atoms with Gasteiger partial charge in [-0.25, -0.2) is 8.78 Å². The fourth-order valence-electron chi connectivity index (χ4n) is 1.50. The van der Waals surface area contributed by atoms with Crippen molar-refractivity contribution in [1.82, 2.24) is 9.78 Å². The maximum absolute atomic E-state index is 11.8. The Hall–Kier alpha value is -1.01. The van der Waals surface area contributed by atoms with Gasteiger partial charge in [0.1, 0.15) is 6.61 Å². The summed E-state index contributed by atoms with van der Waals surface area (Å²) in [5, 5.41) is 4.14. The fourth-order valence-corrected chi connectivity index (χ4v) is 1.50. The van der Waals surface area contributed by atoms with Gasteiger partial charge in [-0.3, -0.25) is 4.68 Å². The van der Waals surface area contributed by atoms with Crippen LogP contribution in [0.4, 0.5) is 8.78 Å². The molecule has 1 aromatic heterocycles. The van der Waals surface area contributed by atoms with E-state index in [1.165, 1.54) is 0 Å². The zero-order valence-corrected chi connectivity index (χ0v) is 9.98. The van der Waals surface area contributed by atoms with Gasteiger partial charge in [-0.15, -0.1) is 0 Å². The molecule has 0 radical (unpaired) electrons. The minimum atomic E-state index is -2.41. The highest BCUT2D eigenvalue weighted by Gasteiger charge is 2.07. The van der Waals surface area contributed by atoms with Crippen molar-refractivity contribution >= 4 is 0 Å². The summed E-state index contributed by atoms with van der Waals surface area (Å²) in [6, 6.07) is -0.0813. The van der Waals surface area contributed by atoms with Crippen LogP contribution in [0.25, 0.3) is 0 Å². The second-order valence-electron chi connectivity index (χ2n) is 3.92. The van der Waals surface area contributed by atoms with Crippen LogP contribution in [0.3, 0.4) is 0 Å². The van der Waals surface area contributed by atoms with Gasteiger partial charge in [0.2, 0.25) is 0 Å². The van der Waals surface area contributed by atoms with Crippen molar-refractivity contribution in [2.75, 3.05) is 13.2 Å². The molecule has 1 atom stereocenters. The number of rotatable bonds is 8. The number of halogens is 2. The minimum Gasteiger partial charge on any atom is -0.375 e. The summed E-state index contributed by atoms with van der Waals surface area (Å²) in [5.74, 6) is 0. The summed E-state index contributed by atoms with van der Waals surface area (Å²) in [4.78, 5) is 0. The Labute approximate surface area is 99.7 Å². The molecule has 0 spiro atoms. The van der Waals surface area contributed by atoms with Gasteiger partial charge in [-0.2, -0.15) is 5.10 Å². The topological polar surface area (TPSA) is 53.1 Å². The fraction of sp³-hybridized carbons (Fsp3) is 0.727. The number of nitrogens with two attached hydrogens (primary N) is 1. The van der Waals surface area contributed by atoms with E-state index in [0.717, 1.165) is 12.1 Å². The average Bonchev–Trinajstić information content (AvgIpc) is 2.72. The largest absolute Gasteiger partial charge is 0.375 e. The molecule has 17 heavy (non-hydrogen) atoms. The maximum Gasteiger partial charge on any atom is 0.261 e. The van der Waals surface area contributed by atoms with E-state index in [-0.39, 0.29) is 12.6 Å². The van der Waals surface area contributed by atoms with E-state index in [0.29, 0.717) is 12.8 Å². The summed E-state index contributed by atoms with van der Waals surface area (Å²) in [7, 11) is 0. The first-order chi connectivity index (χ1) is 8.11. The first kappa shape index (κ1) is 14.1. The monoisotopic (exact) mass is 247 g/mol. The van der Waals surface area contributed by atoms with Crippen LogP contribution in [0, 0.1) is 0 Å².